The Labute approximate surface area is 190 Å². The van der Waals surface area contributed by atoms with E-state index >= 15 is 0 Å². The molecule has 1 aliphatic rings. The Morgan fingerprint density at radius 3 is 2.68 bits per heavy atom. The van der Waals surface area contributed by atoms with Crippen LogP contribution in [0.1, 0.15) is 23.1 Å². The molecule has 0 spiro atoms. The number of carbonyl (C=O) groups is 1. The van der Waals surface area contributed by atoms with Crippen LogP contribution in [0.4, 0.5) is 5.82 Å². The summed E-state index contributed by atoms with van der Waals surface area (Å²) in [6, 6.07) is 13.9. The molecule has 1 aliphatic heterocycles. The van der Waals surface area contributed by atoms with Gasteiger partial charge in [0.15, 0.2) is 0 Å². The molecule has 0 saturated carbocycles. The normalized spacial score (nSPS) is 15.3. The van der Waals surface area contributed by atoms with Crippen molar-refractivity contribution in [1.82, 2.24) is 14.3 Å². The smallest absolute Gasteiger partial charge is 0.267 e. The van der Waals surface area contributed by atoms with Crippen molar-refractivity contribution in [3.63, 3.8) is 0 Å². The third-order valence-electron chi connectivity index (χ3n) is 5.16. The molecule has 1 aromatic carbocycles. The third-order valence-corrected chi connectivity index (χ3v) is 6.54. The van der Waals surface area contributed by atoms with Crippen LogP contribution in [-0.4, -0.2) is 38.1 Å². The first kappa shape index (κ1) is 21.3. The van der Waals surface area contributed by atoms with Crippen molar-refractivity contribution < 1.29 is 4.79 Å². The van der Waals surface area contributed by atoms with Gasteiger partial charge < -0.3 is 5.32 Å². The molecule has 1 amide bonds. The highest BCUT2D eigenvalue weighted by molar-refractivity contribution is 8.26. The Balaban J connectivity index is 1.60. The molecule has 158 valence electrons. The zero-order valence-corrected chi connectivity index (χ0v) is 18.9. The molecule has 3 aromatic rings. The molecule has 0 aliphatic carbocycles. The fraction of sp³-hybridized carbons (Fsp3) is 0.217. The van der Waals surface area contributed by atoms with Crippen LogP contribution < -0.4 is 10.9 Å². The minimum absolute atomic E-state index is 0.168. The lowest BCUT2D eigenvalue weighted by Gasteiger charge is -2.14. The van der Waals surface area contributed by atoms with Crippen LogP contribution in [0.15, 0.2) is 58.4 Å². The van der Waals surface area contributed by atoms with Gasteiger partial charge in [-0.2, -0.15) is 0 Å². The highest BCUT2D eigenvalue weighted by atomic mass is 32.2. The average Bonchev–Trinajstić information content (AvgIpc) is 3.04. The van der Waals surface area contributed by atoms with Crippen molar-refractivity contribution in [3.05, 3.63) is 80.6 Å². The van der Waals surface area contributed by atoms with E-state index in [-0.39, 0.29) is 11.5 Å². The van der Waals surface area contributed by atoms with Gasteiger partial charge >= 0.3 is 0 Å². The number of hydrogen-bond donors (Lipinski definition) is 1. The van der Waals surface area contributed by atoms with Crippen LogP contribution in [0.2, 0.25) is 0 Å². The van der Waals surface area contributed by atoms with Crippen LogP contribution in [0, 0.1) is 6.92 Å². The highest BCUT2D eigenvalue weighted by Gasteiger charge is 2.32. The van der Waals surface area contributed by atoms with E-state index in [1.807, 2.05) is 31.2 Å². The Kier molecular flexibility index (Phi) is 6.20. The summed E-state index contributed by atoms with van der Waals surface area (Å²) in [7, 11) is 1.71. The monoisotopic (exact) mass is 450 g/mol. The molecule has 0 atom stereocenters. The Hall–Kier alpha value is -2.97. The lowest BCUT2D eigenvalue weighted by Crippen LogP contribution is -2.29. The van der Waals surface area contributed by atoms with Gasteiger partial charge in [-0.15, -0.1) is 0 Å². The molecule has 1 saturated heterocycles. The van der Waals surface area contributed by atoms with E-state index in [1.54, 1.807) is 30.3 Å². The van der Waals surface area contributed by atoms with Crippen LogP contribution in [0.5, 0.6) is 0 Å². The van der Waals surface area contributed by atoms with Crippen LogP contribution >= 0.6 is 24.0 Å². The van der Waals surface area contributed by atoms with Gasteiger partial charge in [-0.05, 0) is 43.0 Å². The van der Waals surface area contributed by atoms with Gasteiger partial charge in [0, 0.05) is 19.8 Å². The predicted octanol–water partition coefficient (Wildman–Crippen LogP) is 3.88. The number of carbonyl (C=O) groups excluding carboxylic acids is 1. The molecule has 3 heterocycles. The third kappa shape index (κ3) is 4.26. The van der Waals surface area contributed by atoms with Crippen LogP contribution in [0.25, 0.3) is 11.7 Å². The number of thiocarbonyl (C=S) groups is 1. The number of nitrogens with one attached hydrogen (secondary N) is 1. The van der Waals surface area contributed by atoms with E-state index in [1.165, 1.54) is 21.7 Å². The number of rotatable bonds is 6. The lowest BCUT2D eigenvalue weighted by atomic mass is 10.1. The van der Waals surface area contributed by atoms with E-state index in [2.05, 4.69) is 22.4 Å². The summed E-state index contributed by atoms with van der Waals surface area (Å²) in [5.41, 5.74) is 2.82. The largest absolute Gasteiger partial charge is 0.372 e. The van der Waals surface area contributed by atoms with Gasteiger partial charge in [0.05, 0.1) is 10.5 Å². The van der Waals surface area contributed by atoms with Gasteiger partial charge in [-0.3, -0.25) is 18.9 Å². The second-order valence-electron chi connectivity index (χ2n) is 7.24. The summed E-state index contributed by atoms with van der Waals surface area (Å²) in [4.78, 5) is 32.7. The minimum atomic E-state index is -0.229. The summed E-state index contributed by atoms with van der Waals surface area (Å²) in [6.45, 7) is 2.45. The predicted molar refractivity (Wildman–Crippen MR) is 130 cm³/mol. The van der Waals surface area contributed by atoms with Gasteiger partial charge in [-0.25, -0.2) is 4.98 Å². The number of nitrogens with zero attached hydrogens (tertiary/aromatic N) is 3. The lowest BCUT2D eigenvalue weighted by molar-refractivity contribution is -0.122. The number of amides is 1. The average molecular weight is 451 g/mol. The number of anilines is 1. The molecule has 2 aromatic heterocycles. The van der Waals surface area contributed by atoms with Crippen molar-refractivity contribution in [2.45, 2.75) is 19.8 Å². The molecule has 0 radical (unpaired) electrons. The second kappa shape index (κ2) is 9.03. The van der Waals surface area contributed by atoms with Crippen LogP contribution in [0.3, 0.4) is 0 Å². The summed E-state index contributed by atoms with van der Waals surface area (Å²) in [6.07, 6.45) is 4.97. The zero-order valence-electron chi connectivity index (χ0n) is 17.3. The molecule has 1 N–H and O–H groups in total. The van der Waals surface area contributed by atoms with Gasteiger partial charge in [-0.1, -0.05) is 60.4 Å². The van der Waals surface area contributed by atoms with E-state index in [9.17, 15) is 9.59 Å². The van der Waals surface area contributed by atoms with Crippen molar-refractivity contribution in [2.24, 2.45) is 0 Å². The Morgan fingerprint density at radius 2 is 1.94 bits per heavy atom. The van der Waals surface area contributed by atoms with E-state index in [0.29, 0.717) is 32.8 Å². The molecule has 1 fully saturated rings. The molecule has 8 heteroatoms. The molecule has 4 rings (SSSR count). The standard InChI is InChI=1S/C23H22N4O2S2/c1-15-8-6-12-26-20(15)25-19(24-2)17(21(26)28)14-18-22(29)27(23(30)31-18)13-7-11-16-9-4-3-5-10-16/h3-6,8-10,12,14,24H,7,11,13H2,1-2H3/b18-14-. The fourth-order valence-corrected chi connectivity index (χ4v) is 4.83. The van der Waals surface area contributed by atoms with Gasteiger partial charge in [0.2, 0.25) is 0 Å². The molecule has 6 nitrogen and oxygen atoms in total. The van der Waals surface area contributed by atoms with E-state index in [0.717, 1.165) is 18.4 Å². The quantitative estimate of drug-likeness (QED) is 0.454. The van der Waals surface area contributed by atoms with Crippen LogP contribution in [-0.2, 0) is 11.2 Å². The molecular weight excluding hydrogens is 428 g/mol. The number of aromatic nitrogens is 2. The second-order valence-corrected chi connectivity index (χ2v) is 8.91. The van der Waals surface area contributed by atoms with Crippen molar-refractivity contribution in [3.8, 4) is 0 Å². The first-order valence-corrected chi connectivity index (χ1v) is 11.2. The Bertz CT molecular complexity index is 1250. The number of aryl methyl sites for hydroxylation is 2. The summed E-state index contributed by atoms with van der Waals surface area (Å²) in [5, 5.41) is 2.98. The number of hydrogen-bond acceptors (Lipinski definition) is 6. The first-order chi connectivity index (χ1) is 15.0. The summed E-state index contributed by atoms with van der Waals surface area (Å²) >= 11 is 6.67. The fourth-order valence-electron chi connectivity index (χ4n) is 3.54. The molecular formula is C23H22N4O2S2. The maximum atomic E-state index is 13.1. The SMILES string of the molecule is CNc1nc2c(C)cccn2c(=O)c1/C=C1\SC(=S)N(CCCc2ccccc2)C1=O. The van der Waals surface area contributed by atoms with Gasteiger partial charge in [0.25, 0.3) is 11.5 Å². The van der Waals surface area contributed by atoms with Crippen molar-refractivity contribution >= 4 is 51.7 Å². The van der Waals surface area contributed by atoms with E-state index in [4.69, 9.17) is 12.2 Å². The number of thioether (sulfide) groups is 1. The molecule has 0 unspecified atom stereocenters. The van der Waals surface area contributed by atoms with Crippen molar-refractivity contribution in [1.29, 1.82) is 0 Å². The maximum absolute atomic E-state index is 13.1. The molecule has 0 bridgehead atoms. The number of fused-ring (bicyclic) bond motifs is 1. The highest BCUT2D eigenvalue weighted by Crippen LogP contribution is 2.33. The zero-order chi connectivity index (χ0) is 22.0. The van der Waals surface area contributed by atoms with Gasteiger partial charge in [0.1, 0.15) is 15.8 Å². The maximum Gasteiger partial charge on any atom is 0.267 e. The van der Waals surface area contributed by atoms with Crippen molar-refractivity contribution in [2.75, 3.05) is 18.9 Å². The first-order valence-electron chi connectivity index (χ1n) is 9.98. The Morgan fingerprint density at radius 1 is 1.16 bits per heavy atom. The summed E-state index contributed by atoms with van der Waals surface area (Å²) < 4.78 is 2.02. The van der Waals surface area contributed by atoms with E-state index < -0.39 is 0 Å². The molecule has 31 heavy (non-hydrogen) atoms. The number of pyridine rings is 1. The topological polar surface area (TPSA) is 66.7 Å². The minimum Gasteiger partial charge on any atom is -0.372 e. The number of benzene rings is 1. The summed E-state index contributed by atoms with van der Waals surface area (Å²) in [5.74, 6) is 0.271.